The van der Waals surface area contributed by atoms with Gasteiger partial charge >= 0.3 is 0 Å². The summed E-state index contributed by atoms with van der Waals surface area (Å²) < 4.78 is 5.18. The molecule has 3 rings (SSSR count). The summed E-state index contributed by atoms with van der Waals surface area (Å²) in [4.78, 5) is 4.52. The number of methoxy groups -OCH3 is 1. The minimum atomic E-state index is -0.755. The fourth-order valence-electron chi connectivity index (χ4n) is 2.22. The first kappa shape index (κ1) is 12.6. The second kappa shape index (κ2) is 5.31. The molecule has 0 saturated heterocycles. The van der Waals surface area contributed by atoms with E-state index >= 15 is 0 Å². The molecule has 0 amide bonds. The maximum absolute atomic E-state index is 10.5. The molecule has 3 aromatic rings. The van der Waals surface area contributed by atoms with Crippen LogP contribution < -0.4 is 4.74 Å². The third kappa shape index (κ3) is 2.36. The molecule has 3 nitrogen and oxygen atoms in total. The Hall–Kier alpha value is -2.39. The number of fused-ring (bicyclic) bond motifs is 1. The number of pyridine rings is 1. The molecule has 1 aromatic heterocycles. The molecule has 0 saturated carbocycles. The quantitative estimate of drug-likeness (QED) is 0.790. The molecule has 2 aromatic carbocycles. The average molecular weight is 265 g/mol. The number of aliphatic hydroxyl groups is 1. The molecular weight excluding hydrogens is 250 g/mol. The van der Waals surface area contributed by atoms with E-state index in [0.29, 0.717) is 5.69 Å². The number of hydrogen-bond acceptors (Lipinski definition) is 3. The topological polar surface area (TPSA) is 42.4 Å². The molecule has 0 aliphatic heterocycles. The molecule has 0 aliphatic rings. The fourth-order valence-corrected chi connectivity index (χ4v) is 2.22. The van der Waals surface area contributed by atoms with Crippen LogP contribution in [0.15, 0.2) is 60.7 Å². The summed E-state index contributed by atoms with van der Waals surface area (Å²) in [5, 5.41) is 11.5. The second-order valence-electron chi connectivity index (χ2n) is 4.61. The van der Waals surface area contributed by atoms with Gasteiger partial charge in [0.05, 0.1) is 18.3 Å². The monoisotopic (exact) mass is 265 g/mol. The predicted octanol–water partition coefficient (Wildman–Crippen LogP) is 3.33. The largest absolute Gasteiger partial charge is 0.497 e. The van der Waals surface area contributed by atoms with E-state index < -0.39 is 6.10 Å². The molecule has 0 fully saturated rings. The van der Waals surface area contributed by atoms with E-state index in [1.807, 2.05) is 60.7 Å². The minimum absolute atomic E-state index is 0.636. The normalized spacial score (nSPS) is 12.3. The summed E-state index contributed by atoms with van der Waals surface area (Å²) in [6, 6.07) is 19.1. The van der Waals surface area contributed by atoms with Gasteiger partial charge in [0.1, 0.15) is 11.9 Å². The Balaban J connectivity index is 2.00. The first-order valence-electron chi connectivity index (χ1n) is 6.45. The summed E-state index contributed by atoms with van der Waals surface area (Å²) in [6.07, 6.45) is -0.755. The van der Waals surface area contributed by atoms with E-state index in [1.54, 1.807) is 7.11 Å². The zero-order valence-electron chi connectivity index (χ0n) is 11.2. The Kier molecular flexibility index (Phi) is 3.35. The lowest BCUT2D eigenvalue weighted by Crippen LogP contribution is -2.02. The molecular formula is C17H15NO2. The highest BCUT2D eigenvalue weighted by atomic mass is 16.5. The molecule has 0 bridgehead atoms. The Bertz CT molecular complexity index is 740. The van der Waals surface area contributed by atoms with Gasteiger partial charge in [0, 0.05) is 5.39 Å². The van der Waals surface area contributed by atoms with Crippen LogP contribution in [0.3, 0.4) is 0 Å². The SMILES string of the molecule is COc1cccc([C@@H](O)c2ccc3ccccc3n2)c1. The Morgan fingerprint density at radius 3 is 2.70 bits per heavy atom. The van der Waals surface area contributed by atoms with Crippen LogP contribution in [0.5, 0.6) is 5.75 Å². The fraction of sp³-hybridized carbons (Fsp3) is 0.118. The number of aliphatic hydroxyl groups excluding tert-OH is 1. The summed E-state index contributed by atoms with van der Waals surface area (Å²) in [7, 11) is 1.61. The molecule has 3 heteroatoms. The van der Waals surface area contributed by atoms with Crippen LogP contribution in [0.1, 0.15) is 17.4 Å². The molecule has 0 spiro atoms. The van der Waals surface area contributed by atoms with E-state index in [4.69, 9.17) is 4.74 Å². The van der Waals surface area contributed by atoms with Gasteiger partial charge in [-0.1, -0.05) is 36.4 Å². The van der Waals surface area contributed by atoms with Crippen molar-refractivity contribution in [1.82, 2.24) is 4.98 Å². The van der Waals surface area contributed by atoms with Gasteiger partial charge in [0.25, 0.3) is 0 Å². The number of aromatic nitrogens is 1. The lowest BCUT2D eigenvalue weighted by Gasteiger charge is -2.12. The van der Waals surface area contributed by atoms with Crippen LogP contribution in [-0.2, 0) is 0 Å². The standard InChI is InChI=1S/C17H15NO2/c1-20-14-7-4-6-13(11-14)17(19)16-10-9-12-5-2-3-8-15(12)18-16/h2-11,17,19H,1H3/t17-/m1/s1. The van der Waals surface area contributed by atoms with Crippen LogP contribution >= 0.6 is 0 Å². The van der Waals surface area contributed by atoms with E-state index in [2.05, 4.69) is 4.98 Å². The first-order valence-corrected chi connectivity index (χ1v) is 6.45. The highest BCUT2D eigenvalue weighted by molar-refractivity contribution is 5.78. The van der Waals surface area contributed by atoms with Gasteiger partial charge in [-0.15, -0.1) is 0 Å². The van der Waals surface area contributed by atoms with Crippen molar-refractivity contribution in [2.24, 2.45) is 0 Å². The van der Waals surface area contributed by atoms with E-state index in [-0.39, 0.29) is 0 Å². The Morgan fingerprint density at radius 2 is 1.85 bits per heavy atom. The highest BCUT2D eigenvalue weighted by Crippen LogP contribution is 2.25. The lowest BCUT2D eigenvalue weighted by molar-refractivity contribution is 0.215. The van der Waals surface area contributed by atoms with Crippen molar-refractivity contribution >= 4 is 10.9 Å². The van der Waals surface area contributed by atoms with Crippen LogP contribution in [0.25, 0.3) is 10.9 Å². The molecule has 20 heavy (non-hydrogen) atoms. The number of nitrogens with zero attached hydrogens (tertiary/aromatic N) is 1. The first-order chi connectivity index (χ1) is 9.78. The van der Waals surface area contributed by atoms with Gasteiger partial charge in [0.15, 0.2) is 0 Å². The maximum Gasteiger partial charge on any atom is 0.121 e. The zero-order chi connectivity index (χ0) is 13.9. The van der Waals surface area contributed by atoms with Crippen molar-refractivity contribution in [2.45, 2.75) is 6.10 Å². The highest BCUT2D eigenvalue weighted by Gasteiger charge is 2.13. The molecule has 0 unspecified atom stereocenters. The molecule has 1 N–H and O–H groups in total. The third-order valence-electron chi connectivity index (χ3n) is 3.31. The Labute approximate surface area is 117 Å². The lowest BCUT2D eigenvalue weighted by atomic mass is 10.0. The van der Waals surface area contributed by atoms with Crippen molar-refractivity contribution in [1.29, 1.82) is 0 Å². The molecule has 100 valence electrons. The van der Waals surface area contributed by atoms with Crippen molar-refractivity contribution in [3.05, 3.63) is 71.9 Å². The minimum Gasteiger partial charge on any atom is -0.497 e. The Morgan fingerprint density at radius 1 is 1.00 bits per heavy atom. The van der Waals surface area contributed by atoms with Gasteiger partial charge in [0.2, 0.25) is 0 Å². The van der Waals surface area contributed by atoms with Gasteiger partial charge in [-0.05, 0) is 29.8 Å². The van der Waals surface area contributed by atoms with Crippen LogP contribution in [0.2, 0.25) is 0 Å². The van der Waals surface area contributed by atoms with Crippen molar-refractivity contribution in [3.8, 4) is 5.75 Å². The molecule has 1 heterocycles. The second-order valence-corrected chi connectivity index (χ2v) is 4.61. The van der Waals surface area contributed by atoms with Crippen LogP contribution in [0.4, 0.5) is 0 Å². The maximum atomic E-state index is 10.5. The number of benzene rings is 2. The van der Waals surface area contributed by atoms with Crippen molar-refractivity contribution < 1.29 is 9.84 Å². The number of ether oxygens (including phenoxy) is 1. The van der Waals surface area contributed by atoms with Gasteiger partial charge in [-0.25, -0.2) is 4.98 Å². The number of hydrogen-bond donors (Lipinski definition) is 1. The number of rotatable bonds is 3. The molecule has 1 atom stereocenters. The van der Waals surface area contributed by atoms with E-state index in [1.165, 1.54) is 0 Å². The van der Waals surface area contributed by atoms with E-state index in [9.17, 15) is 5.11 Å². The van der Waals surface area contributed by atoms with Crippen molar-refractivity contribution in [2.75, 3.05) is 7.11 Å². The predicted molar refractivity (Wildman–Crippen MR) is 78.8 cm³/mol. The van der Waals surface area contributed by atoms with Gasteiger partial charge in [-0.2, -0.15) is 0 Å². The number of para-hydroxylation sites is 1. The third-order valence-corrected chi connectivity index (χ3v) is 3.31. The average Bonchev–Trinajstić information content (AvgIpc) is 2.53. The summed E-state index contributed by atoms with van der Waals surface area (Å²) in [5.74, 6) is 0.724. The van der Waals surface area contributed by atoms with Crippen LogP contribution in [-0.4, -0.2) is 17.2 Å². The van der Waals surface area contributed by atoms with E-state index in [0.717, 1.165) is 22.2 Å². The smallest absolute Gasteiger partial charge is 0.121 e. The summed E-state index contributed by atoms with van der Waals surface area (Å²) in [5.41, 5.74) is 2.29. The summed E-state index contributed by atoms with van der Waals surface area (Å²) in [6.45, 7) is 0. The zero-order valence-corrected chi connectivity index (χ0v) is 11.2. The van der Waals surface area contributed by atoms with Crippen molar-refractivity contribution in [3.63, 3.8) is 0 Å². The summed E-state index contributed by atoms with van der Waals surface area (Å²) >= 11 is 0. The molecule has 0 radical (unpaired) electrons. The van der Waals surface area contributed by atoms with Crippen LogP contribution in [0, 0.1) is 0 Å². The molecule has 0 aliphatic carbocycles. The van der Waals surface area contributed by atoms with Gasteiger partial charge in [-0.3, -0.25) is 0 Å². The van der Waals surface area contributed by atoms with Gasteiger partial charge < -0.3 is 9.84 Å².